The maximum absolute atomic E-state index is 12.9. The summed E-state index contributed by atoms with van der Waals surface area (Å²) in [6.45, 7) is 5.83. The maximum atomic E-state index is 12.9. The number of aryl methyl sites for hydroxylation is 2. The predicted octanol–water partition coefficient (Wildman–Crippen LogP) is 4.79. The van der Waals surface area contributed by atoms with Crippen LogP contribution in [0, 0.1) is 13.8 Å². The summed E-state index contributed by atoms with van der Waals surface area (Å²) >= 11 is 0. The van der Waals surface area contributed by atoms with Gasteiger partial charge in [0, 0.05) is 45.7 Å². The number of hydrogen-bond donors (Lipinski definition) is 2. The third-order valence-corrected chi connectivity index (χ3v) is 3.86. The van der Waals surface area contributed by atoms with Gasteiger partial charge < -0.3 is 10.2 Å². The number of aliphatic hydroxyl groups excluding tert-OH is 1. The van der Waals surface area contributed by atoms with E-state index in [9.17, 15) is 18.3 Å². The average Bonchev–Trinajstić information content (AvgIpc) is 2.50. The van der Waals surface area contributed by atoms with Crippen molar-refractivity contribution in [2.45, 2.75) is 32.9 Å². The van der Waals surface area contributed by atoms with Crippen molar-refractivity contribution >= 4 is 0 Å². The van der Waals surface area contributed by atoms with Crippen LogP contribution in [0.1, 0.15) is 40.7 Å². The van der Waals surface area contributed by atoms with Gasteiger partial charge in [0.05, 0.1) is 5.56 Å². The van der Waals surface area contributed by atoms with E-state index in [2.05, 4.69) is 0 Å². The Morgan fingerprint density at radius 2 is 1.38 bits per heavy atom. The molecule has 0 spiro atoms. The first-order valence-corrected chi connectivity index (χ1v) is 7.12. The van der Waals surface area contributed by atoms with Gasteiger partial charge >= 0.3 is 6.18 Å². The number of alkyl halides is 3. The van der Waals surface area contributed by atoms with E-state index in [0.29, 0.717) is 5.56 Å². The number of hydrogen-bond acceptors (Lipinski definition) is 2. The average molecular weight is 415 g/mol. The standard InChI is InChI=1S/C17H17F3O.CH4O.Y/c1-10-4-5-13(8-11(10)2)12(3)14-6-7-16(21)15(9-14)17(18,19)20;1-2;/h4-9,12,21H,1-3H3;2H,1H3;. The summed E-state index contributed by atoms with van der Waals surface area (Å²) in [7, 11) is 1.00. The zero-order valence-corrected chi connectivity index (χ0v) is 17.0. The molecule has 6 heteroatoms. The fourth-order valence-electron chi connectivity index (χ4n) is 2.28. The maximum Gasteiger partial charge on any atom is 0.419 e. The van der Waals surface area contributed by atoms with Crippen molar-refractivity contribution in [2.24, 2.45) is 0 Å². The van der Waals surface area contributed by atoms with Crippen LogP contribution in [0.2, 0.25) is 0 Å². The van der Waals surface area contributed by atoms with Crippen LogP contribution in [-0.4, -0.2) is 17.3 Å². The summed E-state index contributed by atoms with van der Waals surface area (Å²) in [5.41, 5.74) is 2.75. The third kappa shape index (κ3) is 5.57. The summed E-state index contributed by atoms with van der Waals surface area (Å²) in [5, 5.41) is 16.4. The van der Waals surface area contributed by atoms with Crippen molar-refractivity contribution in [3.8, 4) is 5.75 Å². The number of aromatic hydroxyl groups is 1. The summed E-state index contributed by atoms with van der Waals surface area (Å²) in [5.74, 6) is -0.912. The molecule has 2 aromatic rings. The third-order valence-electron chi connectivity index (χ3n) is 3.86. The van der Waals surface area contributed by atoms with E-state index in [1.54, 1.807) is 0 Å². The van der Waals surface area contributed by atoms with Crippen molar-refractivity contribution in [3.63, 3.8) is 0 Å². The molecule has 2 N–H and O–H groups in total. The van der Waals surface area contributed by atoms with Crippen LogP contribution in [0.5, 0.6) is 5.75 Å². The summed E-state index contributed by atoms with van der Waals surface area (Å²) in [4.78, 5) is 0. The first-order valence-electron chi connectivity index (χ1n) is 7.12. The molecular weight excluding hydrogens is 394 g/mol. The Morgan fingerprint density at radius 3 is 1.88 bits per heavy atom. The predicted molar refractivity (Wildman–Crippen MR) is 84.7 cm³/mol. The van der Waals surface area contributed by atoms with Crippen molar-refractivity contribution in [3.05, 3.63) is 64.2 Å². The van der Waals surface area contributed by atoms with Gasteiger partial charge in [-0.3, -0.25) is 0 Å². The summed E-state index contributed by atoms with van der Waals surface area (Å²) < 4.78 is 38.6. The topological polar surface area (TPSA) is 40.5 Å². The molecule has 0 aliphatic heterocycles. The van der Waals surface area contributed by atoms with Crippen molar-refractivity contribution < 1.29 is 56.1 Å². The van der Waals surface area contributed by atoms with E-state index in [1.165, 1.54) is 6.07 Å². The van der Waals surface area contributed by atoms with E-state index in [-0.39, 0.29) is 38.6 Å². The molecule has 2 rings (SSSR count). The van der Waals surface area contributed by atoms with E-state index < -0.39 is 17.5 Å². The molecule has 2 nitrogen and oxygen atoms in total. The Kier molecular flexibility index (Phi) is 9.18. The monoisotopic (exact) mass is 415 g/mol. The summed E-state index contributed by atoms with van der Waals surface area (Å²) in [6, 6.07) is 9.54. The number of rotatable bonds is 2. The molecule has 0 aromatic heterocycles. The zero-order valence-electron chi connectivity index (χ0n) is 14.1. The second-order valence-electron chi connectivity index (χ2n) is 5.34. The van der Waals surface area contributed by atoms with Crippen LogP contribution in [-0.2, 0) is 38.9 Å². The van der Waals surface area contributed by atoms with E-state index in [1.807, 2.05) is 39.0 Å². The Balaban J connectivity index is 0.00000170. The van der Waals surface area contributed by atoms with E-state index in [4.69, 9.17) is 5.11 Å². The molecule has 24 heavy (non-hydrogen) atoms. The van der Waals surface area contributed by atoms with Gasteiger partial charge in [-0.1, -0.05) is 31.2 Å². The normalized spacial score (nSPS) is 11.8. The summed E-state index contributed by atoms with van der Waals surface area (Å²) in [6.07, 6.45) is -4.55. The fourth-order valence-corrected chi connectivity index (χ4v) is 2.28. The van der Waals surface area contributed by atoms with E-state index in [0.717, 1.165) is 35.9 Å². The van der Waals surface area contributed by atoms with Gasteiger partial charge in [0.15, 0.2) is 0 Å². The van der Waals surface area contributed by atoms with Crippen LogP contribution in [0.25, 0.3) is 0 Å². The number of benzene rings is 2. The van der Waals surface area contributed by atoms with Gasteiger partial charge in [0.25, 0.3) is 0 Å². The molecule has 0 aliphatic rings. The van der Waals surface area contributed by atoms with Crippen LogP contribution < -0.4 is 0 Å². The second-order valence-corrected chi connectivity index (χ2v) is 5.34. The van der Waals surface area contributed by atoms with Gasteiger partial charge in [0.1, 0.15) is 5.75 Å². The molecule has 1 radical (unpaired) electrons. The SMILES string of the molecule is CO.Cc1ccc(C(C)c2ccc(O)c(C(F)(F)F)c2)cc1C.[Y]. The molecule has 0 bridgehead atoms. The number of aliphatic hydroxyl groups is 1. The fraction of sp³-hybridized carbons (Fsp3) is 0.333. The van der Waals surface area contributed by atoms with Gasteiger partial charge in [-0.15, -0.1) is 0 Å². The Labute approximate surface area is 165 Å². The number of phenols is 1. The Hall–Kier alpha value is -0.906. The molecule has 0 amide bonds. The molecule has 1 atom stereocenters. The minimum Gasteiger partial charge on any atom is -0.507 e. The molecule has 2 aromatic carbocycles. The first kappa shape index (κ1) is 23.1. The van der Waals surface area contributed by atoms with Crippen molar-refractivity contribution in [1.29, 1.82) is 0 Å². The molecule has 0 saturated heterocycles. The van der Waals surface area contributed by atoms with Crippen LogP contribution >= 0.6 is 0 Å². The van der Waals surface area contributed by atoms with Gasteiger partial charge in [0.2, 0.25) is 0 Å². The molecule has 0 fully saturated rings. The zero-order chi connectivity index (χ0) is 17.8. The number of phenolic OH excluding ortho intramolecular Hbond substituents is 1. The van der Waals surface area contributed by atoms with Gasteiger partial charge in [-0.25, -0.2) is 0 Å². The molecule has 0 heterocycles. The van der Waals surface area contributed by atoms with Crippen LogP contribution in [0.15, 0.2) is 36.4 Å². The van der Waals surface area contributed by atoms with Crippen LogP contribution in [0.4, 0.5) is 13.2 Å². The molecular formula is C18H21F3O2Y. The minimum atomic E-state index is -4.55. The minimum absolute atomic E-state index is 0. The van der Waals surface area contributed by atoms with Crippen molar-refractivity contribution in [2.75, 3.05) is 7.11 Å². The molecule has 0 aliphatic carbocycles. The van der Waals surface area contributed by atoms with Gasteiger partial charge in [-0.2, -0.15) is 13.2 Å². The quantitative estimate of drug-likeness (QED) is 0.741. The van der Waals surface area contributed by atoms with E-state index >= 15 is 0 Å². The Morgan fingerprint density at radius 1 is 0.875 bits per heavy atom. The molecule has 129 valence electrons. The Bertz CT molecular complexity index is 670. The second kappa shape index (κ2) is 9.54. The van der Waals surface area contributed by atoms with Crippen molar-refractivity contribution in [1.82, 2.24) is 0 Å². The molecule has 0 saturated carbocycles. The molecule has 1 unspecified atom stereocenters. The smallest absolute Gasteiger partial charge is 0.419 e. The van der Waals surface area contributed by atoms with Crippen LogP contribution in [0.3, 0.4) is 0 Å². The largest absolute Gasteiger partial charge is 0.507 e. The number of halogens is 3. The van der Waals surface area contributed by atoms with Gasteiger partial charge in [-0.05, 0) is 48.2 Å². The first-order chi connectivity index (χ1) is 10.7.